The van der Waals surface area contributed by atoms with Gasteiger partial charge in [-0.1, -0.05) is 46.5 Å². The fourth-order valence-electron chi connectivity index (χ4n) is 2.99. The molecule has 3 unspecified atom stereocenters. The van der Waals surface area contributed by atoms with E-state index in [0.29, 0.717) is 11.9 Å². The summed E-state index contributed by atoms with van der Waals surface area (Å²) in [5.41, 5.74) is 0. The average molecular weight is 268 g/mol. The first-order chi connectivity index (χ1) is 8.97. The van der Waals surface area contributed by atoms with Gasteiger partial charge in [-0.3, -0.25) is 10.1 Å². The zero-order valence-electron chi connectivity index (χ0n) is 13.4. The lowest BCUT2D eigenvalue weighted by molar-refractivity contribution is -0.132. The van der Waals surface area contributed by atoms with Crippen molar-refractivity contribution in [3.63, 3.8) is 0 Å². The first-order valence-corrected chi connectivity index (χ1v) is 8.05. The molecule has 0 aliphatic carbocycles. The fourth-order valence-corrected chi connectivity index (χ4v) is 2.99. The summed E-state index contributed by atoms with van der Waals surface area (Å²) in [5.74, 6) is 1.08. The molecule has 0 aromatic rings. The van der Waals surface area contributed by atoms with Gasteiger partial charge in [0.2, 0.25) is 5.91 Å². The van der Waals surface area contributed by atoms with Gasteiger partial charge in [0.05, 0.1) is 12.2 Å². The lowest BCUT2D eigenvalue weighted by Gasteiger charge is -2.28. The smallest absolute Gasteiger partial charge is 0.241 e. The van der Waals surface area contributed by atoms with Crippen LogP contribution in [0.25, 0.3) is 0 Å². The largest absolute Gasteiger partial charge is 0.323 e. The highest BCUT2D eigenvalue weighted by Gasteiger charge is 2.38. The number of hydrogen-bond donors (Lipinski definition) is 1. The molecule has 0 aromatic heterocycles. The summed E-state index contributed by atoms with van der Waals surface area (Å²) >= 11 is 0. The second kappa shape index (κ2) is 7.88. The third-order valence-corrected chi connectivity index (χ3v) is 4.14. The predicted octanol–water partition coefficient (Wildman–Crippen LogP) is 3.54. The summed E-state index contributed by atoms with van der Waals surface area (Å²) in [7, 11) is 0. The van der Waals surface area contributed by atoms with Crippen molar-refractivity contribution < 1.29 is 4.79 Å². The first-order valence-electron chi connectivity index (χ1n) is 8.05. The summed E-state index contributed by atoms with van der Waals surface area (Å²) in [4.78, 5) is 14.5. The van der Waals surface area contributed by atoms with E-state index >= 15 is 0 Å². The van der Waals surface area contributed by atoms with Crippen LogP contribution in [0.4, 0.5) is 0 Å². The van der Waals surface area contributed by atoms with Crippen LogP contribution in [-0.2, 0) is 4.79 Å². The van der Waals surface area contributed by atoms with Gasteiger partial charge in [-0.15, -0.1) is 0 Å². The maximum absolute atomic E-state index is 12.4. The Labute approximate surface area is 119 Å². The summed E-state index contributed by atoms with van der Waals surface area (Å²) in [6, 6.07) is 0.419. The molecule has 1 rings (SSSR count). The van der Waals surface area contributed by atoms with Crippen molar-refractivity contribution in [2.75, 3.05) is 0 Å². The van der Waals surface area contributed by atoms with Crippen LogP contribution in [0, 0.1) is 5.92 Å². The molecule has 1 N–H and O–H groups in total. The van der Waals surface area contributed by atoms with Crippen LogP contribution >= 0.6 is 0 Å². The molecule has 1 aliphatic rings. The zero-order chi connectivity index (χ0) is 14.4. The van der Waals surface area contributed by atoms with E-state index in [0.717, 1.165) is 31.6 Å². The third kappa shape index (κ3) is 4.79. The quantitative estimate of drug-likeness (QED) is 0.730. The van der Waals surface area contributed by atoms with E-state index in [9.17, 15) is 4.79 Å². The first kappa shape index (κ1) is 16.5. The minimum atomic E-state index is 0.0579. The van der Waals surface area contributed by atoms with Crippen LogP contribution in [0.15, 0.2) is 0 Å². The predicted molar refractivity (Wildman–Crippen MR) is 80.9 cm³/mol. The number of unbranched alkanes of at least 4 members (excludes halogenated alkanes) is 1. The SMILES string of the molecule is CCCCC1NC(C)N(C(C)CCCC(C)C)C1=O. The number of carbonyl (C=O) groups excluding carboxylic acids is 1. The third-order valence-electron chi connectivity index (χ3n) is 4.14. The molecular weight excluding hydrogens is 236 g/mol. The topological polar surface area (TPSA) is 32.3 Å². The second-order valence-corrected chi connectivity index (χ2v) is 6.46. The summed E-state index contributed by atoms with van der Waals surface area (Å²) in [5, 5.41) is 3.44. The Bertz CT molecular complexity index is 278. The lowest BCUT2D eigenvalue weighted by atomic mass is 10.0. The number of amides is 1. The number of hydrogen-bond acceptors (Lipinski definition) is 2. The van der Waals surface area contributed by atoms with Crippen molar-refractivity contribution in [1.82, 2.24) is 10.2 Å². The Balaban J connectivity index is 2.45. The molecule has 0 aromatic carbocycles. The van der Waals surface area contributed by atoms with Crippen molar-refractivity contribution in [3.05, 3.63) is 0 Å². The van der Waals surface area contributed by atoms with Gasteiger partial charge in [0.15, 0.2) is 0 Å². The molecule has 3 nitrogen and oxygen atoms in total. The van der Waals surface area contributed by atoms with E-state index in [4.69, 9.17) is 0 Å². The molecule has 1 heterocycles. The number of carbonyl (C=O) groups is 1. The molecule has 3 atom stereocenters. The molecule has 0 bridgehead atoms. The molecule has 3 heteroatoms. The van der Waals surface area contributed by atoms with Gasteiger partial charge in [0.25, 0.3) is 0 Å². The molecule has 0 radical (unpaired) electrons. The molecule has 1 amide bonds. The van der Waals surface area contributed by atoms with Crippen molar-refractivity contribution in [2.45, 2.75) is 91.4 Å². The van der Waals surface area contributed by atoms with Crippen molar-refractivity contribution in [2.24, 2.45) is 5.92 Å². The van der Waals surface area contributed by atoms with Gasteiger partial charge < -0.3 is 4.90 Å². The minimum absolute atomic E-state index is 0.0579. The Kier molecular flexibility index (Phi) is 6.84. The Morgan fingerprint density at radius 1 is 1.21 bits per heavy atom. The van der Waals surface area contributed by atoms with Crippen LogP contribution in [-0.4, -0.2) is 29.1 Å². The monoisotopic (exact) mass is 268 g/mol. The molecule has 1 fully saturated rings. The molecule has 1 aliphatic heterocycles. The van der Waals surface area contributed by atoms with Gasteiger partial charge in [-0.05, 0) is 32.6 Å². The fraction of sp³-hybridized carbons (Fsp3) is 0.938. The average Bonchev–Trinajstić information content (AvgIpc) is 2.61. The molecular formula is C16H32N2O. The number of rotatable bonds is 8. The summed E-state index contributed by atoms with van der Waals surface area (Å²) < 4.78 is 0. The standard InChI is InChI=1S/C16H32N2O/c1-6-7-11-15-16(19)18(14(5)17-15)13(4)10-8-9-12(2)3/h12-15,17H,6-11H2,1-5H3. The van der Waals surface area contributed by atoms with Crippen molar-refractivity contribution >= 4 is 5.91 Å². The number of nitrogens with one attached hydrogen (secondary N) is 1. The van der Waals surface area contributed by atoms with E-state index in [1.54, 1.807) is 0 Å². The molecule has 19 heavy (non-hydrogen) atoms. The van der Waals surface area contributed by atoms with E-state index in [-0.39, 0.29) is 12.2 Å². The van der Waals surface area contributed by atoms with Gasteiger partial charge >= 0.3 is 0 Å². The van der Waals surface area contributed by atoms with Crippen LogP contribution in [0.5, 0.6) is 0 Å². The normalized spacial score (nSPS) is 25.4. The molecule has 1 saturated heterocycles. The van der Waals surface area contributed by atoms with Gasteiger partial charge in [-0.25, -0.2) is 0 Å². The van der Waals surface area contributed by atoms with Crippen LogP contribution in [0.3, 0.4) is 0 Å². The van der Waals surface area contributed by atoms with E-state index in [2.05, 4.69) is 44.8 Å². The van der Waals surface area contributed by atoms with Crippen LogP contribution in [0.1, 0.15) is 73.1 Å². The van der Waals surface area contributed by atoms with Crippen LogP contribution in [0.2, 0.25) is 0 Å². The molecule has 0 spiro atoms. The van der Waals surface area contributed by atoms with E-state index < -0.39 is 0 Å². The van der Waals surface area contributed by atoms with Crippen molar-refractivity contribution in [1.29, 1.82) is 0 Å². The molecule has 0 saturated carbocycles. The highest BCUT2D eigenvalue weighted by atomic mass is 16.2. The summed E-state index contributed by atoms with van der Waals surface area (Å²) in [6.45, 7) is 11.0. The molecule has 112 valence electrons. The highest BCUT2D eigenvalue weighted by molar-refractivity contribution is 5.84. The lowest BCUT2D eigenvalue weighted by Crippen LogP contribution is -2.41. The minimum Gasteiger partial charge on any atom is -0.323 e. The zero-order valence-corrected chi connectivity index (χ0v) is 13.4. The maximum atomic E-state index is 12.4. The van der Waals surface area contributed by atoms with Gasteiger partial charge in [-0.2, -0.15) is 0 Å². The van der Waals surface area contributed by atoms with Gasteiger partial charge in [0.1, 0.15) is 0 Å². The highest BCUT2D eigenvalue weighted by Crippen LogP contribution is 2.21. The van der Waals surface area contributed by atoms with E-state index in [1.165, 1.54) is 12.8 Å². The Hall–Kier alpha value is -0.570. The Morgan fingerprint density at radius 2 is 1.89 bits per heavy atom. The number of nitrogens with zero attached hydrogens (tertiary/aromatic N) is 1. The summed E-state index contributed by atoms with van der Waals surface area (Å²) in [6.07, 6.45) is 7.06. The van der Waals surface area contributed by atoms with Crippen LogP contribution < -0.4 is 5.32 Å². The van der Waals surface area contributed by atoms with Gasteiger partial charge in [0, 0.05) is 6.04 Å². The maximum Gasteiger partial charge on any atom is 0.241 e. The van der Waals surface area contributed by atoms with E-state index in [1.807, 2.05) is 0 Å². The van der Waals surface area contributed by atoms with Crippen molar-refractivity contribution in [3.8, 4) is 0 Å². The second-order valence-electron chi connectivity index (χ2n) is 6.46. The Morgan fingerprint density at radius 3 is 2.47 bits per heavy atom.